The van der Waals surface area contributed by atoms with Crippen LogP contribution in [-0.2, 0) is 11.8 Å². The lowest BCUT2D eigenvalue weighted by Gasteiger charge is -2.35. The average molecular weight is 400 g/mol. The summed E-state index contributed by atoms with van der Waals surface area (Å²) in [6.07, 6.45) is 2.13. The lowest BCUT2D eigenvalue weighted by Crippen LogP contribution is -2.49. The minimum atomic E-state index is -0.218. The van der Waals surface area contributed by atoms with E-state index in [0.29, 0.717) is 11.3 Å². The third kappa shape index (κ3) is 5.18. The SMILES string of the molecule is COc1cccc(CCCN2CCN(C(=O)c3c(C(C)(C)C)noc3C)CC2)c1. The molecule has 0 radical (unpaired) electrons. The van der Waals surface area contributed by atoms with Gasteiger partial charge >= 0.3 is 0 Å². The van der Waals surface area contributed by atoms with Crippen LogP contribution in [0.5, 0.6) is 5.75 Å². The maximum Gasteiger partial charge on any atom is 0.259 e. The van der Waals surface area contributed by atoms with Crippen molar-refractivity contribution in [1.82, 2.24) is 15.0 Å². The number of piperazine rings is 1. The maximum absolute atomic E-state index is 13.1. The molecule has 3 rings (SSSR count). The fourth-order valence-corrected chi connectivity index (χ4v) is 3.80. The lowest BCUT2D eigenvalue weighted by molar-refractivity contribution is 0.0632. The van der Waals surface area contributed by atoms with Crippen LogP contribution in [0.15, 0.2) is 28.8 Å². The maximum atomic E-state index is 13.1. The van der Waals surface area contributed by atoms with Gasteiger partial charge in [0.1, 0.15) is 22.8 Å². The summed E-state index contributed by atoms with van der Waals surface area (Å²) >= 11 is 0. The molecular formula is C23H33N3O3. The summed E-state index contributed by atoms with van der Waals surface area (Å²) in [6, 6.07) is 8.26. The topological polar surface area (TPSA) is 58.8 Å². The van der Waals surface area contributed by atoms with Crippen molar-refractivity contribution in [2.75, 3.05) is 39.8 Å². The number of aromatic nitrogens is 1. The van der Waals surface area contributed by atoms with Gasteiger partial charge in [0.2, 0.25) is 0 Å². The molecule has 1 aromatic heterocycles. The van der Waals surface area contributed by atoms with Crippen LogP contribution in [0.3, 0.4) is 0 Å². The predicted molar refractivity (Wildman–Crippen MR) is 114 cm³/mol. The van der Waals surface area contributed by atoms with Crippen molar-refractivity contribution < 1.29 is 14.1 Å². The van der Waals surface area contributed by atoms with E-state index < -0.39 is 0 Å². The Kier molecular flexibility index (Phi) is 6.63. The molecule has 2 heterocycles. The van der Waals surface area contributed by atoms with E-state index in [1.807, 2.05) is 24.0 Å². The summed E-state index contributed by atoms with van der Waals surface area (Å²) in [4.78, 5) is 17.5. The fraction of sp³-hybridized carbons (Fsp3) is 0.565. The van der Waals surface area contributed by atoms with Crippen molar-refractivity contribution in [2.45, 2.75) is 46.0 Å². The van der Waals surface area contributed by atoms with E-state index >= 15 is 0 Å². The molecule has 1 aliphatic rings. The van der Waals surface area contributed by atoms with Gasteiger partial charge in [-0.2, -0.15) is 0 Å². The average Bonchev–Trinajstić information content (AvgIpc) is 3.10. The summed E-state index contributed by atoms with van der Waals surface area (Å²) in [5, 5.41) is 4.16. The number of benzene rings is 1. The molecule has 0 saturated carbocycles. The number of hydrogen-bond donors (Lipinski definition) is 0. The minimum absolute atomic E-state index is 0.0460. The van der Waals surface area contributed by atoms with Crippen molar-refractivity contribution in [1.29, 1.82) is 0 Å². The predicted octanol–water partition coefficient (Wildman–Crippen LogP) is 3.68. The fourth-order valence-electron chi connectivity index (χ4n) is 3.80. The Morgan fingerprint density at radius 2 is 1.93 bits per heavy atom. The zero-order chi connectivity index (χ0) is 21.0. The molecule has 1 saturated heterocycles. The van der Waals surface area contributed by atoms with Crippen LogP contribution in [0, 0.1) is 6.92 Å². The number of rotatable bonds is 6. The van der Waals surface area contributed by atoms with E-state index in [9.17, 15) is 4.79 Å². The standard InChI is InChI=1S/C23H33N3O3/c1-17-20(21(24-29-17)23(2,3)4)22(27)26-14-12-25(13-15-26)11-7-9-18-8-6-10-19(16-18)28-5/h6,8,10,16H,7,9,11-15H2,1-5H3. The number of aryl methyl sites for hydroxylation is 2. The zero-order valence-electron chi connectivity index (χ0n) is 18.3. The van der Waals surface area contributed by atoms with Crippen LogP contribution < -0.4 is 4.74 Å². The molecule has 0 atom stereocenters. The van der Waals surface area contributed by atoms with Crippen LogP contribution in [0.2, 0.25) is 0 Å². The number of nitrogens with zero attached hydrogens (tertiary/aromatic N) is 3. The third-order valence-corrected chi connectivity index (χ3v) is 5.52. The van der Waals surface area contributed by atoms with Crippen LogP contribution in [0.4, 0.5) is 0 Å². The second-order valence-corrected chi connectivity index (χ2v) is 8.80. The molecule has 0 spiro atoms. The summed E-state index contributed by atoms with van der Waals surface area (Å²) < 4.78 is 10.6. The van der Waals surface area contributed by atoms with Crippen molar-refractivity contribution >= 4 is 5.91 Å². The number of carbonyl (C=O) groups is 1. The molecule has 1 aliphatic heterocycles. The molecule has 0 unspecified atom stereocenters. The highest BCUT2D eigenvalue weighted by molar-refractivity contribution is 5.96. The molecule has 1 aromatic carbocycles. The van der Waals surface area contributed by atoms with Gasteiger partial charge in [-0.3, -0.25) is 9.69 Å². The zero-order valence-corrected chi connectivity index (χ0v) is 18.3. The Labute approximate surface area is 173 Å². The Bertz CT molecular complexity index is 830. The number of amides is 1. The smallest absolute Gasteiger partial charge is 0.259 e. The van der Waals surface area contributed by atoms with E-state index in [0.717, 1.165) is 57.0 Å². The first kappa shape index (κ1) is 21.4. The van der Waals surface area contributed by atoms with Gasteiger partial charge in [-0.15, -0.1) is 0 Å². The van der Waals surface area contributed by atoms with Gasteiger partial charge in [0.25, 0.3) is 5.91 Å². The molecular weight excluding hydrogens is 366 g/mol. The van der Waals surface area contributed by atoms with Gasteiger partial charge in [-0.1, -0.05) is 38.1 Å². The molecule has 0 N–H and O–H groups in total. The van der Waals surface area contributed by atoms with E-state index in [1.165, 1.54) is 5.56 Å². The van der Waals surface area contributed by atoms with Crippen molar-refractivity contribution in [3.63, 3.8) is 0 Å². The highest BCUT2D eigenvalue weighted by atomic mass is 16.5. The molecule has 0 aliphatic carbocycles. The minimum Gasteiger partial charge on any atom is -0.497 e. The molecule has 1 amide bonds. The van der Waals surface area contributed by atoms with Crippen molar-refractivity contribution in [2.24, 2.45) is 0 Å². The van der Waals surface area contributed by atoms with Crippen molar-refractivity contribution in [3.05, 3.63) is 46.8 Å². The highest BCUT2D eigenvalue weighted by Gasteiger charge is 2.32. The van der Waals surface area contributed by atoms with Gasteiger partial charge in [0.15, 0.2) is 0 Å². The number of hydrogen-bond acceptors (Lipinski definition) is 5. The first-order chi connectivity index (χ1) is 13.8. The Morgan fingerprint density at radius 1 is 1.21 bits per heavy atom. The third-order valence-electron chi connectivity index (χ3n) is 5.52. The molecule has 2 aromatic rings. The summed E-state index contributed by atoms with van der Waals surface area (Å²) in [5.41, 5.74) is 2.48. The molecule has 1 fully saturated rings. The van der Waals surface area contributed by atoms with Gasteiger partial charge in [0, 0.05) is 31.6 Å². The van der Waals surface area contributed by atoms with Crippen LogP contribution >= 0.6 is 0 Å². The van der Waals surface area contributed by atoms with Gasteiger partial charge in [-0.25, -0.2) is 0 Å². The highest BCUT2D eigenvalue weighted by Crippen LogP contribution is 2.28. The van der Waals surface area contributed by atoms with Gasteiger partial charge < -0.3 is 14.2 Å². The Morgan fingerprint density at radius 3 is 2.59 bits per heavy atom. The monoisotopic (exact) mass is 399 g/mol. The van der Waals surface area contributed by atoms with Crippen molar-refractivity contribution in [3.8, 4) is 5.75 Å². The largest absolute Gasteiger partial charge is 0.497 e. The van der Waals surface area contributed by atoms with E-state index in [2.05, 4.69) is 43.0 Å². The van der Waals surface area contributed by atoms with Gasteiger partial charge in [-0.05, 0) is 44.0 Å². The van der Waals surface area contributed by atoms with Crippen LogP contribution in [-0.4, -0.2) is 60.7 Å². The summed E-state index contributed by atoms with van der Waals surface area (Å²) in [6.45, 7) is 12.3. The molecule has 6 nitrogen and oxygen atoms in total. The lowest BCUT2D eigenvalue weighted by atomic mass is 9.88. The molecule has 0 bridgehead atoms. The Hall–Kier alpha value is -2.34. The molecule has 158 valence electrons. The second kappa shape index (κ2) is 8.99. The van der Waals surface area contributed by atoms with E-state index in [-0.39, 0.29) is 11.3 Å². The first-order valence-electron chi connectivity index (χ1n) is 10.4. The number of methoxy groups -OCH3 is 1. The molecule has 29 heavy (non-hydrogen) atoms. The van der Waals surface area contributed by atoms with Crippen LogP contribution in [0.25, 0.3) is 0 Å². The molecule has 6 heteroatoms. The quantitative estimate of drug-likeness (QED) is 0.742. The summed E-state index contributed by atoms with van der Waals surface area (Å²) in [7, 11) is 1.70. The number of ether oxygens (including phenoxy) is 1. The first-order valence-corrected chi connectivity index (χ1v) is 10.4. The second-order valence-electron chi connectivity index (χ2n) is 8.80. The normalized spacial score (nSPS) is 15.6. The Balaban J connectivity index is 1.50. The van der Waals surface area contributed by atoms with E-state index in [4.69, 9.17) is 9.26 Å². The van der Waals surface area contributed by atoms with Crippen LogP contribution in [0.1, 0.15) is 54.6 Å². The number of carbonyl (C=O) groups excluding carboxylic acids is 1. The summed E-state index contributed by atoms with van der Waals surface area (Å²) in [5.74, 6) is 1.57. The van der Waals surface area contributed by atoms with Gasteiger partial charge in [0.05, 0.1) is 7.11 Å². The van der Waals surface area contributed by atoms with E-state index in [1.54, 1.807) is 7.11 Å².